The van der Waals surface area contributed by atoms with Crippen LogP contribution in [0.15, 0.2) is 27.8 Å². The summed E-state index contributed by atoms with van der Waals surface area (Å²) in [7, 11) is 1.70. The zero-order valence-corrected chi connectivity index (χ0v) is 14.2. The van der Waals surface area contributed by atoms with Crippen molar-refractivity contribution in [3.8, 4) is 0 Å². The zero-order chi connectivity index (χ0) is 17.4. The molecular weight excluding hydrogens is 310 g/mol. The maximum Gasteiger partial charge on any atom is 0.287 e. The molecule has 0 saturated carbocycles. The van der Waals surface area contributed by atoms with Gasteiger partial charge in [-0.3, -0.25) is 14.6 Å². The average molecular weight is 335 g/mol. The Morgan fingerprint density at radius 2 is 2.17 bits per heavy atom. The van der Waals surface area contributed by atoms with Gasteiger partial charge >= 0.3 is 0 Å². The van der Waals surface area contributed by atoms with Crippen molar-refractivity contribution < 1.29 is 14.0 Å². The Bertz CT molecular complexity index is 570. The highest BCUT2D eigenvalue weighted by molar-refractivity contribution is 5.91. The van der Waals surface area contributed by atoms with Crippen LogP contribution in [0.1, 0.15) is 30.3 Å². The molecule has 24 heavy (non-hydrogen) atoms. The number of rotatable bonds is 6. The van der Waals surface area contributed by atoms with Gasteiger partial charge in [-0.2, -0.15) is 0 Å². The minimum Gasteiger partial charge on any atom is -0.459 e. The average Bonchev–Trinajstić information content (AvgIpc) is 3.28. The Kier molecular flexibility index (Phi) is 6.65. The topological polar surface area (TPSA) is 99.0 Å². The number of aliphatic imine (C=N–C) groups is 1. The van der Waals surface area contributed by atoms with E-state index in [1.165, 1.54) is 6.26 Å². The fraction of sp³-hybridized carbons (Fsp3) is 0.562. The lowest BCUT2D eigenvalue weighted by Gasteiger charge is -2.18. The van der Waals surface area contributed by atoms with E-state index >= 15 is 0 Å². The lowest BCUT2D eigenvalue weighted by molar-refractivity contribution is -0.129. The molecular formula is C16H25N5O3. The second-order valence-corrected chi connectivity index (χ2v) is 5.56. The molecule has 132 valence electrons. The molecule has 1 aromatic heterocycles. The molecule has 3 N–H and O–H groups in total. The van der Waals surface area contributed by atoms with Crippen LogP contribution in [-0.2, 0) is 4.79 Å². The molecule has 8 heteroatoms. The second-order valence-electron chi connectivity index (χ2n) is 5.56. The van der Waals surface area contributed by atoms with E-state index in [1.807, 2.05) is 11.8 Å². The summed E-state index contributed by atoms with van der Waals surface area (Å²) >= 11 is 0. The summed E-state index contributed by atoms with van der Waals surface area (Å²) in [6.45, 7) is 4.34. The highest BCUT2D eigenvalue weighted by Gasteiger charge is 2.25. The van der Waals surface area contributed by atoms with Crippen molar-refractivity contribution in [1.82, 2.24) is 20.9 Å². The number of likely N-dealkylation sites (tertiary alicyclic amines) is 1. The first-order valence-corrected chi connectivity index (χ1v) is 8.20. The number of nitrogens with zero attached hydrogens (tertiary/aromatic N) is 2. The molecule has 1 fully saturated rings. The van der Waals surface area contributed by atoms with E-state index in [0.717, 1.165) is 13.0 Å². The first-order chi connectivity index (χ1) is 11.6. The van der Waals surface area contributed by atoms with Crippen molar-refractivity contribution in [2.45, 2.75) is 25.8 Å². The van der Waals surface area contributed by atoms with Crippen molar-refractivity contribution in [3.63, 3.8) is 0 Å². The highest BCUT2D eigenvalue weighted by Crippen LogP contribution is 2.10. The molecule has 2 heterocycles. The van der Waals surface area contributed by atoms with Crippen molar-refractivity contribution >= 4 is 17.8 Å². The SMILES string of the molecule is CCC(=O)N1CCC(NC(=NC)NCCNC(=O)c2ccco2)C1. The molecule has 2 rings (SSSR count). The summed E-state index contributed by atoms with van der Waals surface area (Å²) in [6, 6.07) is 3.49. The van der Waals surface area contributed by atoms with Crippen LogP contribution < -0.4 is 16.0 Å². The van der Waals surface area contributed by atoms with Gasteiger partial charge in [0.25, 0.3) is 5.91 Å². The fourth-order valence-corrected chi connectivity index (χ4v) is 2.57. The smallest absolute Gasteiger partial charge is 0.287 e. The van der Waals surface area contributed by atoms with E-state index in [-0.39, 0.29) is 17.9 Å². The van der Waals surface area contributed by atoms with Crippen LogP contribution in [-0.4, -0.2) is 61.9 Å². The molecule has 1 aliphatic heterocycles. The Morgan fingerprint density at radius 1 is 1.38 bits per heavy atom. The van der Waals surface area contributed by atoms with Gasteiger partial charge < -0.3 is 25.3 Å². The maximum atomic E-state index is 11.7. The van der Waals surface area contributed by atoms with E-state index in [2.05, 4.69) is 20.9 Å². The monoisotopic (exact) mass is 335 g/mol. The van der Waals surface area contributed by atoms with Gasteiger partial charge in [0.05, 0.1) is 6.26 Å². The van der Waals surface area contributed by atoms with Crippen molar-refractivity contribution in [2.75, 3.05) is 33.2 Å². The van der Waals surface area contributed by atoms with Crippen LogP contribution in [0.4, 0.5) is 0 Å². The molecule has 0 radical (unpaired) electrons. The third kappa shape index (κ3) is 5.00. The van der Waals surface area contributed by atoms with E-state index < -0.39 is 0 Å². The number of amides is 2. The van der Waals surface area contributed by atoms with E-state index in [0.29, 0.717) is 37.8 Å². The van der Waals surface area contributed by atoms with Gasteiger partial charge in [0.2, 0.25) is 5.91 Å². The predicted molar refractivity (Wildman–Crippen MR) is 90.8 cm³/mol. The van der Waals surface area contributed by atoms with Crippen LogP contribution in [0.25, 0.3) is 0 Å². The van der Waals surface area contributed by atoms with Gasteiger partial charge in [0.1, 0.15) is 0 Å². The van der Waals surface area contributed by atoms with Crippen LogP contribution in [0, 0.1) is 0 Å². The first-order valence-electron chi connectivity index (χ1n) is 8.20. The fourth-order valence-electron chi connectivity index (χ4n) is 2.57. The van der Waals surface area contributed by atoms with Crippen LogP contribution >= 0.6 is 0 Å². The third-order valence-corrected chi connectivity index (χ3v) is 3.86. The highest BCUT2D eigenvalue weighted by atomic mass is 16.3. The standard InChI is InChI=1S/C16H25N5O3/c1-3-14(22)21-9-6-12(11-21)20-16(17-2)19-8-7-18-15(23)13-5-4-10-24-13/h4-5,10,12H,3,6-9,11H2,1-2H3,(H,18,23)(H2,17,19,20). The second kappa shape index (κ2) is 8.95. The Morgan fingerprint density at radius 3 is 2.83 bits per heavy atom. The van der Waals surface area contributed by atoms with Crippen molar-refractivity contribution in [3.05, 3.63) is 24.2 Å². The molecule has 0 aromatic carbocycles. The van der Waals surface area contributed by atoms with Gasteiger partial charge in [-0.05, 0) is 18.6 Å². The zero-order valence-electron chi connectivity index (χ0n) is 14.2. The lowest BCUT2D eigenvalue weighted by atomic mass is 10.3. The number of hydrogen-bond donors (Lipinski definition) is 3. The van der Waals surface area contributed by atoms with Crippen LogP contribution in [0.2, 0.25) is 0 Å². The largest absolute Gasteiger partial charge is 0.459 e. The van der Waals surface area contributed by atoms with Gasteiger partial charge in [-0.1, -0.05) is 6.92 Å². The molecule has 2 amide bonds. The molecule has 0 aliphatic carbocycles. The van der Waals surface area contributed by atoms with Gasteiger partial charge in [-0.15, -0.1) is 0 Å². The molecule has 1 aromatic rings. The molecule has 1 aliphatic rings. The Labute approximate surface area is 141 Å². The van der Waals surface area contributed by atoms with Gasteiger partial charge in [0.15, 0.2) is 11.7 Å². The summed E-state index contributed by atoms with van der Waals surface area (Å²) in [6.07, 6.45) is 2.91. The first kappa shape index (κ1) is 17.8. The van der Waals surface area contributed by atoms with E-state index in [4.69, 9.17) is 4.42 Å². The summed E-state index contributed by atoms with van der Waals surface area (Å²) in [5, 5.41) is 9.21. The number of furan rings is 1. The third-order valence-electron chi connectivity index (χ3n) is 3.86. The van der Waals surface area contributed by atoms with Crippen molar-refractivity contribution in [1.29, 1.82) is 0 Å². The number of nitrogens with one attached hydrogen (secondary N) is 3. The lowest BCUT2D eigenvalue weighted by Crippen LogP contribution is -2.46. The van der Waals surface area contributed by atoms with E-state index in [1.54, 1.807) is 19.2 Å². The number of carbonyl (C=O) groups excluding carboxylic acids is 2. The quantitative estimate of drug-likeness (QED) is 0.391. The number of hydrogen-bond acceptors (Lipinski definition) is 4. The van der Waals surface area contributed by atoms with Gasteiger partial charge in [0, 0.05) is 45.7 Å². The molecule has 0 spiro atoms. The normalized spacial score (nSPS) is 17.7. The number of carbonyl (C=O) groups is 2. The Hall–Kier alpha value is -2.51. The van der Waals surface area contributed by atoms with Crippen molar-refractivity contribution in [2.24, 2.45) is 4.99 Å². The van der Waals surface area contributed by atoms with Crippen LogP contribution in [0.3, 0.4) is 0 Å². The minimum atomic E-state index is -0.241. The Balaban J connectivity index is 1.66. The summed E-state index contributed by atoms with van der Waals surface area (Å²) < 4.78 is 5.02. The minimum absolute atomic E-state index is 0.183. The van der Waals surface area contributed by atoms with E-state index in [9.17, 15) is 9.59 Å². The molecule has 1 unspecified atom stereocenters. The summed E-state index contributed by atoms with van der Waals surface area (Å²) in [5.74, 6) is 0.902. The summed E-state index contributed by atoms with van der Waals surface area (Å²) in [5.41, 5.74) is 0. The molecule has 0 bridgehead atoms. The molecule has 8 nitrogen and oxygen atoms in total. The molecule has 1 saturated heterocycles. The maximum absolute atomic E-state index is 11.7. The van der Waals surface area contributed by atoms with Gasteiger partial charge in [-0.25, -0.2) is 0 Å². The summed E-state index contributed by atoms with van der Waals surface area (Å²) in [4.78, 5) is 29.4. The predicted octanol–water partition coefficient (Wildman–Crippen LogP) is 0.185. The molecule has 1 atom stereocenters. The van der Waals surface area contributed by atoms with Crippen LogP contribution in [0.5, 0.6) is 0 Å². The number of guanidine groups is 1.